The van der Waals surface area contributed by atoms with E-state index in [0.717, 1.165) is 15.7 Å². The number of aryl methyl sites for hydroxylation is 1. The molecule has 0 fully saturated rings. The zero-order valence-electron chi connectivity index (χ0n) is 9.64. The summed E-state index contributed by atoms with van der Waals surface area (Å²) in [6, 6.07) is 7.63. The third kappa shape index (κ3) is 3.02. The maximum Gasteiger partial charge on any atom is 0.227 e. The van der Waals surface area contributed by atoms with Crippen LogP contribution in [0.3, 0.4) is 0 Å². The van der Waals surface area contributed by atoms with Crippen molar-refractivity contribution in [3.63, 3.8) is 0 Å². The molecule has 2 aromatic rings. The summed E-state index contributed by atoms with van der Waals surface area (Å²) in [4.78, 5) is 8.63. The lowest BCUT2D eigenvalue weighted by Gasteiger charge is -2.09. The molecule has 0 aliphatic heterocycles. The molecule has 0 saturated heterocycles. The Balaban J connectivity index is 2.31. The van der Waals surface area contributed by atoms with E-state index in [1.807, 2.05) is 25.1 Å². The highest BCUT2D eigenvalue weighted by Gasteiger charge is 2.04. The second-order valence-corrected chi connectivity index (χ2v) is 5.07. The number of nitrogens with one attached hydrogen (secondary N) is 1. The van der Waals surface area contributed by atoms with Crippen LogP contribution < -0.4 is 11.1 Å². The predicted molar refractivity (Wildman–Crippen MR) is 80.1 cm³/mol. The fraction of sp³-hybridized carbons (Fsp3) is 0.0833. The van der Waals surface area contributed by atoms with E-state index < -0.39 is 0 Å². The van der Waals surface area contributed by atoms with Crippen molar-refractivity contribution in [2.75, 3.05) is 5.32 Å². The average molecular weight is 323 g/mol. The minimum absolute atomic E-state index is 0.256. The third-order valence-corrected chi connectivity index (χ3v) is 3.06. The maximum absolute atomic E-state index is 5.54. The molecule has 0 atom stereocenters. The topological polar surface area (TPSA) is 63.8 Å². The maximum atomic E-state index is 5.54. The van der Waals surface area contributed by atoms with E-state index in [-0.39, 0.29) is 4.99 Å². The highest BCUT2D eigenvalue weighted by Crippen LogP contribution is 2.22. The number of benzene rings is 1. The molecule has 1 heterocycles. The van der Waals surface area contributed by atoms with Crippen LogP contribution in [0.25, 0.3) is 0 Å². The number of halogens is 1. The Kier molecular flexibility index (Phi) is 3.88. The summed E-state index contributed by atoms with van der Waals surface area (Å²) < 4.78 is 0.987. The molecule has 6 heteroatoms. The second-order valence-electron chi connectivity index (χ2n) is 3.71. The first-order valence-corrected chi connectivity index (χ1v) is 6.42. The normalized spacial score (nSPS) is 10.1. The van der Waals surface area contributed by atoms with Crippen molar-refractivity contribution < 1.29 is 0 Å². The van der Waals surface area contributed by atoms with Gasteiger partial charge in [0.2, 0.25) is 5.95 Å². The van der Waals surface area contributed by atoms with Crippen molar-refractivity contribution in [3.8, 4) is 0 Å². The molecule has 2 rings (SSSR count). The van der Waals surface area contributed by atoms with Gasteiger partial charge < -0.3 is 11.1 Å². The molecule has 3 N–H and O–H groups in total. The molecule has 0 saturated carbocycles. The van der Waals surface area contributed by atoms with Gasteiger partial charge in [0, 0.05) is 16.4 Å². The molecule has 0 bridgehead atoms. The van der Waals surface area contributed by atoms with Crippen molar-refractivity contribution in [1.82, 2.24) is 9.97 Å². The van der Waals surface area contributed by atoms with Gasteiger partial charge >= 0.3 is 0 Å². The highest BCUT2D eigenvalue weighted by molar-refractivity contribution is 9.10. The molecule has 1 aromatic carbocycles. The molecule has 1 aromatic heterocycles. The molecule has 0 spiro atoms. The number of anilines is 2. The van der Waals surface area contributed by atoms with Gasteiger partial charge in [-0.05, 0) is 30.7 Å². The van der Waals surface area contributed by atoms with Crippen LogP contribution in [0, 0.1) is 6.92 Å². The molecule has 0 radical (unpaired) electrons. The summed E-state index contributed by atoms with van der Waals surface area (Å²) in [6.07, 6.45) is 1.62. The van der Waals surface area contributed by atoms with E-state index in [2.05, 4.69) is 31.2 Å². The van der Waals surface area contributed by atoms with Gasteiger partial charge in [0.25, 0.3) is 0 Å². The third-order valence-electron chi connectivity index (χ3n) is 2.35. The lowest BCUT2D eigenvalue weighted by atomic mass is 10.2. The summed E-state index contributed by atoms with van der Waals surface area (Å²) in [6.45, 7) is 2.01. The number of nitrogens with zero attached hydrogens (tertiary/aromatic N) is 2. The molecule has 0 amide bonds. The summed E-state index contributed by atoms with van der Waals surface area (Å²) >= 11 is 8.31. The molecule has 18 heavy (non-hydrogen) atoms. The monoisotopic (exact) mass is 322 g/mol. The quantitative estimate of drug-likeness (QED) is 0.851. The van der Waals surface area contributed by atoms with Crippen LogP contribution in [-0.2, 0) is 0 Å². The summed E-state index contributed by atoms with van der Waals surface area (Å²) in [5.41, 5.74) is 8.12. The molecular formula is C12H11BrN4S. The number of rotatable bonds is 3. The number of aromatic nitrogens is 2. The van der Waals surface area contributed by atoms with Gasteiger partial charge in [0.15, 0.2) is 0 Å². The minimum atomic E-state index is 0.256. The van der Waals surface area contributed by atoms with Crippen LogP contribution in [0.15, 0.2) is 34.9 Å². The van der Waals surface area contributed by atoms with Gasteiger partial charge in [-0.1, -0.05) is 34.2 Å². The van der Waals surface area contributed by atoms with Crippen LogP contribution in [0.4, 0.5) is 11.6 Å². The SMILES string of the molecule is Cc1ccc(Br)cc1Nc1nccc(C(N)=S)n1. The Hall–Kier alpha value is -1.53. The average Bonchev–Trinajstić information content (AvgIpc) is 2.34. The van der Waals surface area contributed by atoms with Crippen LogP contribution in [0.1, 0.15) is 11.3 Å². The van der Waals surface area contributed by atoms with E-state index in [1.54, 1.807) is 12.3 Å². The van der Waals surface area contributed by atoms with Gasteiger partial charge in [-0.15, -0.1) is 0 Å². The fourth-order valence-electron chi connectivity index (χ4n) is 1.41. The number of nitrogens with two attached hydrogens (primary N) is 1. The molecule has 92 valence electrons. The van der Waals surface area contributed by atoms with Crippen LogP contribution in [-0.4, -0.2) is 15.0 Å². The zero-order valence-corrected chi connectivity index (χ0v) is 12.0. The van der Waals surface area contributed by atoms with Crippen molar-refractivity contribution in [2.24, 2.45) is 5.73 Å². The summed E-state index contributed by atoms with van der Waals surface area (Å²) in [5.74, 6) is 0.474. The van der Waals surface area contributed by atoms with Gasteiger partial charge in [-0.25, -0.2) is 9.97 Å². The van der Waals surface area contributed by atoms with Crippen molar-refractivity contribution in [1.29, 1.82) is 0 Å². The Morgan fingerprint density at radius 3 is 2.89 bits per heavy atom. The van der Waals surface area contributed by atoms with E-state index in [4.69, 9.17) is 18.0 Å². The minimum Gasteiger partial charge on any atom is -0.388 e. The second kappa shape index (κ2) is 5.41. The fourth-order valence-corrected chi connectivity index (χ4v) is 1.88. The Morgan fingerprint density at radius 2 is 2.17 bits per heavy atom. The molecule has 0 aliphatic rings. The standard InChI is InChI=1S/C12H11BrN4S/c1-7-2-3-8(13)6-10(7)17-12-15-5-4-9(16-12)11(14)18/h2-6H,1H3,(H2,14,18)(H,15,16,17). The molecule has 4 nitrogen and oxygen atoms in total. The zero-order chi connectivity index (χ0) is 13.1. The van der Waals surface area contributed by atoms with Gasteiger partial charge in [0.05, 0.1) is 0 Å². The van der Waals surface area contributed by atoms with Crippen molar-refractivity contribution in [2.45, 2.75) is 6.92 Å². The highest BCUT2D eigenvalue weighted by atomic mass is 79.9. The summed E-state index contributed by atoms with van der Waals surface area (Å²) in [7, 11) is 0. The number of hydrogen-bond donors (Lipinski definition) is 2. The number of thiocarbonyl (C=S) groups is 1. The predicted octanol–water partition coefficient (Wildman–Crippen LogP) is 2.93. The van der Waals surface area contributed by atoms with E-state index in [1.165, 1.54) is 0 Å². The lowest BCUT2D eigenvalue weighted by Crippen LogP contribution is -2.12. The molecule has 0 aliphatic carbocycles. The van der Waals surface area contributed by atoms with Crippen LogP contribution in [0.2, 0.25) is 0 Å². The molecular weight excluding hydrogens is 312 g/mol. The van der Waals surface area contributed by atoms with Crippen LogP contribution in [0.5, 0.6) is 0 Å². The van der Waals surface area contributed by atoms with Gasteiger partial charge in [0.1, 0.15) is 10.7 Å². The van der Waals surface area contributed by atoms with E-state index >= 15 is 0 Å². The largest absolute Gasteiger partial charge is 0.388 e. The first-order valence-electron chi connectivity index (χ1n) is 5.22. The van der Waals surface area contributed by atoms with E-state index in [0.29, 0.717) is 11.6 Å². The van der Waals surface area contributed by atoms with Crippen molar-refractivity contribution in [3.05, 3.63) is 46.2 Å². The van der Waals surface area contributed by atoms with Crippen molar-refractivity contribution >= 4 is 44.8 Å². The summed E-state index contributed by atoms with van der Waals surface area (Å²) in [5, 5.41) is 3.14. The van der Waals surface area contributed by atoms with Gasteiger partial charge in [-0.2, -0.15) is 0 Å². The lowest BCUT2D eigenvalue weighted by molar-refractivity contribution is 1.15. The smallest absolute Gasteiger partial charge is 0.227 e. The first kappa shape index (κ1) is 12.9. The van der Waals surface area contributed by atoms with Crippen LogP contribution >= 0.6 is 28.1 Å². The Bertz CT molecular complexity index is 600. The van der Waals surface area contributed by atoms with Gasteiger partial charge in [-0.3, -0.25) is 0 Å². The Labute approximate surface area is 119 Å². The van der Waals surface area contributed by atoms with E-state index in [9.17, 15) is 0 Å². The first-order chi connectivity index (χ1) is 8.56. The Morgan fingerprint density at radius 1 is 1.39 bits per heavy atom. The molecule has 0 unspecified atom stereocenters. The number of hydrogen-bond acceptors (Lipinski definition) is 4.